The van der Waals surface area contributed by atoms with Crippen LogP contribution >= 0.6 is 11.3 Å². The molecule has 1 amide bonds. The van der Waals surface area contributed by atoms with Gasteiger partial charge >= 0.3 is 0 Å². The topological polar surface area (TPSA) is 83.8 Å². The van der Waals surface area contributed by atoms with Crippen molar-refractivity contribution in [3.8, 4) is 17.0 Å². The summed E-state index contributed by atoms with van der Waals surface area (Å²) >= 11 is 1.45. The summed E-state index contributed by atoms with van der Waals surface area (Å²) in [6.07, 6.45) is 0. The Labute approximate surface area is 216 Å². The number of methoxy groups -OCH3 is 1. The number of ether oxygens (including phenoxy) is 1. The van der Waals surface area contributed by atoms with E-state index in [4.69, 9.17) is 14.8 Å². The molecule has 2 aromatic carbocycles. The molecule has 0 bridgehead atoms. The number of nitrogens with one attached hydrogen (secondary N) is 2. The van der Waals surface area contributed by atoms with Crippen molar-refractivity contribution in [3.05, 3.63) is 53.1 Å². The number of nitrogens with zero attached hydrogens (tertiary/aromatic N) is 4. The van der Waals surface area contributed by atoms with Gasteiger partial charge in [0.2, 0.25) is 16.0 Å². The zero-order chi connectivity index (χ0) is 26.2. The zero-order valence-corrected chi connectivity index (χ0v) is 23.0. The Bertz CT molecular complexity index is 1380. The lowest BCUT2D eigenvalue weighted by Gasteiger charge is -2.22. The standard InChI is InChI=1S/C27H34N6O2S/c1-16-13-17(2)22(18(3)14-16)28-21(34)15-32(7)26-31-33-24(30-27(4,5)6)23(29-25(33)36-26)19-9-11-20(35-8)12-10-19/h9-14,30H,15H2,1-8H3,(H,28,34). The molecule has 0 aliphatic heterocycles. The van der Waals surface area contributed by atoms with Gasteiger partial charge in [0.25, 0.3) is 0 Å². The summed E-state index contributed by atoms with van der Waals surface area (Å²) < 4.78 is 7.13. The third-order valence-corrected chi connectivity index (χ3v) is 6.72. The lowest BCUT2D eigenvalue weighted by Crippen LogP contribution is -2.30. The molecule has 0 unspecified atom stereocenters. The number of benzene rings is 2. The number of carbonyl (C=O) groups excluding carboxylic acids is 1. The van der Waals surface area contributed by atoms with Crippen LogP contribution in [-0.4, -0.2) is 46.7 Å². The number of rotatable bonds is 7. The van der Waals surface area contributed by atoms with E-state index in [0.717, 1.165) is 44.6 Å². The number of fused-ring (bicyclic) bond motifs is 1. The quantitative estimate of drug-likeness (QED) is 0.336. The van der Waals surface area contributed by atoms with E-state index in [1.807, 2.05) is 54.6 Å². The molecule has 190 valence electrons. The van der Waals surface area contributed by atoms with Crippen molar-refractivity contribution in [1.82, 2.24) is 14.6 Å². The van der Waals surface area contributed by atoms with Crippen LogP contribution in [0.5, 0.6) is 5.75 Å². The molecule has 0 radical (unpaired) electrons. The summed E-state index contributed by atoms with van der Waals surface area (Å²) in [6.45, 7) is 12.6. The molecule has 36 heavy (non-hydrogen) atoms. The SMILES string of the molecule is COc1ccc(-c2nc3sc(N(C)CC(=O)Nc4c(C)cc(C)cc4C)nn3c2NC(C)(C)C)cc1. The van der Waals surface area contributed by atoms with Crippen LogP contribution < -0.4 is 20.3 Å². The predicted molar refractivity (Wildman–Crippen MR) is 149 cm³/mol. The second-order valence-corrected chi connectivity index (χ2v) is 11.1. The number of hydrogen-bond donors (Lipinski definition) is 2. The van der Waals surface area contributed by atoms with Crippen LogP contribution in [0.4, 0.5) is 16.6 Å². The Balaban J connectivity index is 1.60. The number of hydrogen-bond acceptors (Lipinski definition) is 7. The van der Waals surface area contributed by atoms with Crippen molar-refractivity contribution in [2.24, 2.45) is 0 Å². The summed E-state index contributed by atoms with van der Waals surface area (Å²) in [5.74, 6) is 1.52. The van der Waals surface area contributed by atoms with Crippen LogP contribution in [0.25, 0.3) is 16.2 Å². The first-order valence-corrected chi connectivity index (χ1v) is 12.7. The molecule has 9 heteroatoms. The molecule has 8 nitrogen and oxygen atoms in total. The van der Waals surface area contributed by atoms with E-state index in [-0.39, 0.29) is 18.0 Å². The number of aryl methyl sites for hydroxylation is 3. The average Bonchev–Trinajstić information content (AvgIpc) is 3.35. The zero-order valence-electron chi connectivity index (χ0n) is 22.2. The van der Waals surface area contributed by atoms with E-state index in [1.54, 1.807) is 7.11 Å². The van der Waals surface area contributed by atoms with Crippen molar-refractivity contribution in [1.29, 1.82) is 0 Å². The minimum absolute atomic E-state index is 0.0904. The highest BCUT2D eigenvalue weighted by Crippen LogP contribution is 2.35. The summed E-state index contributed by atoms with van der Waals surface area (Å²) in [4.78, 5) is 20.4. The summed E-state index contributed by atoms with van der Waals surface area (Å²) in [5, 5.41) is 12.2. The predicted octanol–water partition coefficient (Wildman–Crippen LogP) is 5.68. The van der Waals surface area contributed by atoms with Gasteiger partial charge in [0.1, 0.15) is 11.4 Å². The fourth-order valence-corrected chi connectivity index (χ4v) is 5.01. The van der Waals surface area contributed by atoms with E-state index in [2.05, 4.69) is 50.5 Å². The molecule has 0 aliphatic rings. The normalized spacial score (nSPS) is 11.6. The largest absolute Gasteiger partial charge is 0.497 e. The number of anilines is 3. The fraction of sp³-hybridized carbons (Fsp3) is 0.370. The van der Waals surface area contributed by atoms with Crippen molar-refractivity contribution in [2.45, 2.75) is 47.1 Å². The van der Waals surface area contributed by atoms with Gasteiger partial charge in [-0.1, -0.05) is 29.0 Å². The maximum absolute atomic E-state index is 12.9. The van der Waals surface area contributed by atoms with Gasteiger partial charge in [-0.15, -0.1) is 5.10 Å². The Kier molecular flexibility index (Phi) is 6.95. The average molecular weight is 507 g/mol. The van der Waals surface area contributed by atoms with Gasteiger partial charge in [0.15, 0.2) is 5.82 Å². The molecule has 0 saturated heterocycles. The van der Waals surface area contributed by atoms with E-state index in [1.165, 1.54) is 16.9 Å². The highest BCUT2D eigenvalue weighted by atomic mass is 32.1. The molecule has 4 rings (SSSR count). The molecule has 2 aromatic heterocycles. The second kappa shape index (κ2) is 9.81. The van der Waals surface area contributed by atoms with Crippen LogP contribution in [0.2, 0.25) is 0 Å². The third-order valence-electron chi connectivity index (χ3n) is 5.70. The molecule has 2 heterocycles. The van der Waals surface area contributed by atoms with Gasteiger partial charge in [0, 0.05) is 23.8 Å². The van der Waals surface area contributed by atoms with E-state index in [9.17, 15) is 4.79 Å². The van der Waals surface area contributed by atoms with Crippen molar-refractivity contribution in [2.75, 3.05) is 36.2 Å². The smallest absolute Gasteiger partial charge is 0.243 e. The Morgan fingerprint density at radius 3 is 2.33 bits per heavy atom. The maximum atomic E-state index is 12.9. The Hall–Kier alpha value is -3.59. The minimum atomic E-state index is -0.198. The van der Waals surface area contributed by atoms with Gasteiger partial charge in [-0.05, 0) is 76.9 Å². The summed E-state index contributed by atoms with van der Waals surface area (Å²) in [7, 11) is 3.52. The van der Waals surface area contributed by atoms with Gasteiger partial charge in [-0.2, -0.15) is 4.52 Å². The molecule has 0 aliphatic carbocycles. The van der Waals surface area contributed by atoms with E-state index in [0.29, 0.717) is 5.13 Å². The van der Waals surface area contributed by atoms with E-state index < -0.39 is 0 Å². The van der Waals surface area contributed by atoms with Crippen molar-refractivity contribution < 1.29 is 9.53 Å². The van der Waals surface area contributed by atoms with Gasteiger partial charge in [-0.3, -0.25) is 4.79 Å². The number of likely N-dealkylation sites (N-methyl/N-ethyl adjacent to an activating group) is 1. The van der Waals surface area contributed by atoms with Crippen molar-refractivity contribution >= 4 is 38.8 Å². The monoisotopic (exact) mass is 506 g/mol. The second-order valence-electron chi connectivity index (χ2n) is 10.2. The number of imidazole rings is 1. The molecule has 4 aromatic rings. The summed E-state index contributed by atoms with van der Waals surface area (Å²) in [6, 6.07) is 12.0. The molecular formula is C27H34N6O2S. The lowest BCUT2D eigenvalue weighted by molar-refractivity contribution is -0.114. The van der Waals surface area contributed by atoms with Crippen LogP contribution in [-0.2, 0) is 4.79 Å². The number of carbonyl (C=O) groups is 1. The van der Waals surface area contributed by atoms with Gasteiger partial charge < -0.3 is 20.3 Å². The minimum Gasteiger partial charge on any atom is -0.497 e. The van der Waals surface area contributed by atoms with Crippen molar-refractivity contribution in [3.63, 3.8) is 0 Å². The molecule has 0 atom stereocenters. The summed E-state index contributed by atoms with van der Waals surface area (Å²) in [5.41, 5.74) is 5.76. The Morgan fingerprint density at radius 1 is 1.11 bits per heavy atom. The van der Waals surface area contributed by atoms with E-state index >= 15 is 0 Å². The molecule has 0 spiro atoms. The first-order valence-electron chi connectivity index (χ1n) is 11.9. The highest BCUT2D eigenvalue weighted by molar-refractivity contribution is 7.20. The number of amides is 1. The van der Waals surface area contributed by atoms with Crippen LogP contribution in [0.1, 0.15) is 37.5 Å². The molecular weight excluding hydrogens is 472 g/mol. The molecule has 2 N–H and O–H groups in total. The molecule has 0 fully saturated rings. The van der Waals surface area contributed by atoms with Crippen LogP contribution in [0.15, 0.2) is 36.4 Å². The van der Waals surface area contributed by atoms with Gasteiger partial charge in [-0.25, -0.2) is 4.98 Å². The fourth-order valence-electron chi connectivity index (χ4n) is 4.15. The lowest BCUT2D eigenvalue weighted by atomic mass is 10.1. The van der Waals surface area contributed by atoms with Crippen LogP contribution in [0.3, 0.4) is 0 Å². The Morgan fingerprint density at radius 2 is 1.75 bits per heavy atom. The first-order chi connectivity index (χ1) is 16.9. The number of aromatic nitrogens is 3. The third kappa shape index (κ3) is 5.46. The highest BCUT2D eigenvalue weighted by Gasteiger charge is 2.23. The van der Waals surface area contributed by atoms with Crippen LogP contribution in [0, 0.1) is 20.8 Å². The maximum Gasteiger partial charge on any atom is 0.243 e. The first kappa shape index (κ1) is 25.5. The van der Waals surface area contributed by atoms with Gasteiger partial charge in [0.05, 0.1) is 13.7 Å². The molecule has 0 saturated carbocycles.